The second-order valence-corrected chi connectivity index (χ2v) is 9.62. The molecule has 0 bridgehead atoms. The molecule has 182 valence electrons. The van der Waals surface area contributed by atoms with E-state index in [4.69, 9.17) is 39.7 Å². The average Bonchev–Trinajstić information content (AvgIpc) is 2.76. The highest BCUT2D eigenvalue weighted by Crippen LogP contribution is 2.25. The number of amides is 2. The molecule has 0 heterocycles. The lowest BCUT2D eigenvalue weighted by Gasteiger charge is -2.34. The predicted octanol–water partition coefficient (Wildman–Crippen LogP) is 0.870. The molecular formula is C16H34N12O2S2. The Bertz CT molecular complexity index is 636. The zero-order chi connectivity index (χ0) is 24.5. The summed E-state index contributed by atoms with van der Waals surface area (Å²) in [4.78, 5) is 32.9. The maximum absolute atomic E-state index is 13.3. The lowest BCUT2D eigenvalue weighted by Crippen LogP contribution is -2.62. The van der Waals surface area contributed by atoms with Crippen molar-refractivity contribution in [1.29, 1.82) is 0 Å². The van der Waals surface area contributed by atoms with E-state index in [-0.39, 0.29) is 19.4 Å². The van der Waals surface area contributed by atoms with E-state index in [1.165, 1.54) is 21.6 Å². The zero-order valence-electron chi connectivity index (χ0n) is 18.1. The van der Waals surface area contributed by atoms with Gasteiger partial charge in [-0.3, -0.25) is 14.5 Å². The minimum atomic E-state index is -2.01. The summed E-state index contributed by atoms with van der Waals surface area (Å²) in [5, 5.41) is 6.95. The summed E-state index contributed by atoms with van der Waals surface area (Å²) in [7, 11) is 2.88. The zero-order valence-corrected chi connectivity index (χ0v) is 19.8. The first kappa shape index (κ1) is 30.3. The summed E-state index contributed by atoms with van der Waals surface area (Å²) in [5.41, 5.74) is 42.6. The van der Waals surface area contributed by atoms with Gasteiger partial charge < -0.3 is 28.7 Å². The van der Waals surface area contributed by atoms with Crippen LogP contribution in [0.4, 0.5) is 0 Å². The SMILES string of the molecule is [N-]=[N+]=N[C@](N)(CCCCN)C(=O)N(CCSSCCN)C(=O)[C@@](N)(CCCCN)N=[N+]=[N-]. The van der Waals surface area contributed by atoms with Crippen LogP contribution in [0.3, 0.4) is 0 Å². The second-order valence-electron chi connectivity index (χ2n) is 6.91. The molecule has 10 N–H and O–H groups in total. The number of carbonyl (C=O) groups excluding carboxylic acids is 2. The third-order valence-electron chi connectivity index (χ3n) is 4.38. The van der Waals surface area contributed by atoms with Gasteiger partial charge in [0.15, 0.2) is 11.3 Å². The fraction of sp³-hybridized carbons (Fsp3) is 0.875. The van der Waals surface area contributed by atoms with Crippen molar-refractivity contribution in [2.24, 2.45) is 38.9 Å². The lowest BCUT2D eigenvalue weighted by molar-refractivity contribution is -0.151. The van der Waals surface area contributed by atoms with Crippen LogP contribution >= 0.6 is 21.6 Å². The number of hydrogen-bond acceptors (Lipinski definition) is 11. The van der Waals surface area contributed by atoms with Crippen LogP contribution < -0.4 is 28.7 Å². The molecule has 0 fully saturated rings. The van der Waals surface area contributed by atoms with Crippen LogP contribution in [-0.4, -0.2) is 65.7 Å². The number of carbonyl (C=O) groups is 2. The van der Waals surface area contributed by atoms with Gasteiger partial charge in [0.05, 0.1) is 0 Å². The van der Waals surface area contributed by atoms with Crippen LogP contribution in [0.25, 0.3) is 20.9 Å². The van der Waals surface area contributed by atoms with Crippen molar-refractivity contribution in [2.75, 3.05) is 37.7 Å². The van der Waals surface area contributed by atoms with Gasteiger partial charge in [-0.1, -0.05) is 31.8 Å². The highest BCUT2D eigenvalue weighted by Gasteiger charge is 2.44. The van der Waals surface area contributed by atoms with Crippen LogP contribution in [0, 0.1) is 0 Å². The van der Waals surface area contributed by atoms with Gasteiger partial charge in [-0.05, 0) is 62.7 Å². The molecule has 0 rings (SSSR count). The van der Waals surface area contributed by atoms with Crippen molar-refractivity contribution in [3.63, 3.8) is 0 Å². The molecular weight excluding hydrogens is 456 g/mol. The number of rotatable bonds is 18. The summed E-state index contributed by atoms with van der Waals surface area (Å²) < 4.78 is 0. The van der Waals surface area contributed by atoms with Gasteiger partial charge in [-0.2, -0.15) is 0 Å². The summed E-state index contributed by atoms with van der Waals surface area (Å²) >= 11 is 0. The molecule has 0 unspecified atom stereocenters. The Labute approximate surface area is 195 Å². The highest BCUT2D eigenvalue weighted by atomic mass is 33.1. The third kappa shape index (κ3) is 10.3. The number of nitrogens with two attached hydrogens (primary N) is 5. The molecule has 0 saturated heterocycles. The van der Waals surface area contributed by atoms with Gasteiger partial charge >= 0.3 is 0 Å². The minimum absolute atomic E-state index is 0.0157. The lowest BCUT2D eigenvalue weighted by atomic mass is 9.99. The van der Waals surface area contributed by atoms with Crippen molar-refractivity contribution < 1.29 is 9.59 Å². The van der Waals surface area contributed by atoms with E-state index < -0.39 is 23.1 Å². The van der Waals surface area contributed by atoms with Crippen molar-refractivity contribution in [3.8, 4) is 0 Å². The first-order valence-corrected chi connectivity index (χ1v) is 12.7. The average molecular weight is 491 g/mol. The molecule has 0 aliphatic carbocycles. The van der Waals surface area contributed by atoms with E-state index in [2.05, 4.69) is 20.1 Å². The topological polar surface area (TPSA) is 265 Å². The normalized spacial score (nSPS) is 14.4. The van der Waals surface area contributed by atoms with E-state index in [1.807, 2.05) is 0 Å². The van der Waals surface area contributed by atoms with Crippen molar-refractivity contribution >= 4 is 33.4 Å². The number of azide groups is 2. The molecule has 0 saturated carbocycles. The van der Waals surface area contributed by atoms with E-state index in [0.29, 0.717) is 56.8 Å². The second kappa shape index (κ2) is 16.8. The Hall–Kier alpha value is -1.74. The summed E-state index contributed by atoms with van der Waals surface area (Å²) in [5.74, 6) is -0.803. The quantitative estimate of drug-likeness (QED) is 0.0598. The van der Waals surface area contributed by atoms with Crippen LogP contribution in [-0.2, 0) is 9.59 Å². The number of unbranched alkanes of at least 4 members (excludes halogenated alkanes) is 2. The van der Waals surface area contributed by atoms with Crippen molar-refractivity contribution in [1.82, 2.24) is 4.90 Å². The molecule has 0 radical (unpaired) electrons. The molecule has 14 nitrogen and oxygen atoms in total. The Morgan fingerprint density at radius 1 is 0.781 bits per heavy atom. The third-order valence-corrected chi connectivity index (χ3v) is 6.80. The van der Waals surface area contributed by atoms with E-state index >= 15 is 0 Å². The van der Waals surface area contributed by atoms with Crippen LogP contribution in [0.15, 0.2) is 10.2 Å². The first-order chi connectivity index (χ1) is 15.3. The summed E-state index contributed by atoms with van der Waals surface area (Å²) in [6, 6.07) is 0. The highest BCUT2D eigenvalue weighted by molar-refractivity contribution is 8.76. The molecule has 0 aromatic heterocycles. The van der Waals surface area contributed by atoms with Crippen LogP contribution in [0.1, 0.15) is 38.5 Å². The maximum atomic E-state index is 13.3. The van der Waals surface area contributed by atoms with E-state index in [9.17, 15) is 9.59 Å². The van der Waals surface area contributed by atoms with Gasteiger partial charge in [0.25, 0.3) is 11.8 Å². The molecule has 0 aromatic carbocycles. The largest absolute Gasteiger partial charge is 0.330 e. The van der Waals surface area contributed by atoms with Crippen molar-refractivity contribution in [2.45, 2.75) is 49.9 Å². The first-order valence-electron chi connectivity index (χ1n) is 10.2. The molecule has 0 aromatic rings. The molecule has 2 amide bonds. The Kier molecular flexibility index (Phi) is 15.9. The van der Waals surface area contributed by atoms with Crippen LogP contribution in [0.2, 0.25) is 0 Å². The maximum Gasteiger partial charge on any atom is 0.255 e. The number of imide groups is 1. The molecule has 0 aliphatic heterocycles. The van der Waals surface area contributed by atoms with Gasteiger partial charge in [-0.15, -0.1) is 0 Å². The fourth-order valence-electron chi connectivity index (χ4n) is 2.69. The number of hydrogen-bond donors (Lipinski definition) is 5. The standard InChI is InChI=1S/C16H34N12O2S2/c17-7-3-1-5-15(20,24-26-22)13(29)28(10-12-32-31-11-9-19)14(30)16(21,25-27-23)6-2-4-8-18/h1-12,17-21H2/t15-,16-/m1/s1. The monoisotopic (exact) mass is 490 g/mol. The molecule has 0 spiro atoms. The molecule has 32 heavy (non-hydrogen) atoms. The summed E-state index contributed by atoms with van der Waals surface area (Å²) in [6.45, 7) is 1.13. The van der Waals surface area contributed by atoms with Gasteiger partial charge in [0, 0.05) is 34.4 Å². The van der Waals surface area contributed by atoms with Crippen molar-refractivity contribution in [3.05, 3.63) is 20.9 Å². The van der Waals surface area contributed by atoms with Gasteiger partial charge in [0.2, 0.25) is 0 Å². The molecule has 0 aliphatic rings. The van der Waals surface area contributed by atoms with Gasteiger partial charge in [0.1, 0.15) is 0 Å². The molecule has 16 heteroatoms. The fourth-order valence-corrected chi connectivity index (χ4v) is 4.50. The van der Waals surface area contributed by atoms with Crippen LogP contribution in [0.5, 0.6) is 0 Å². The smallest absolute Gasteiger partial charge is 0.255 e. The predicted molar refractivity (Wildman–Crippen MR) is 129 cm³/mol. The van der Waals surface area contributed by atoms with E-state index in [1.54, 1.807) is 0 Å². The Morgan fingerprint density at radius 2 is 1.22 bits per heavy atom. The molecule has 2 atom stereocenters. The summed E-state index contributed by atoms with van der Waals surface area (Å²) in [6.07, 6.45) is 1.87. The van der Waals surface area contributed by atoms with E-state index in [0.717, 1.165) is 4.90 Å². The number of nitrogens with zero attached hydrogens (tertiary/aromatic N) is 7. The Morgan fingerprint density at radius 3 is 1.59 bits per heavy atom. The minimum Gasteiger partial charge on any atom is -0.330 e. The Balaban J connectivity index is 5.92. The van der Waals surface area contributed by atoms with Gasteiger partial charge in [-0.25, -0.2) is 0 Å².